The molecule has 1 rings (SSSR count). The van der Waals surface area contributed by atoms with Crippen molar-refractivity contribution in [1.82, 2.24) is 0 Å². The molecule has 1 aromatic rings. The van der Waals surface area contributed by atoms with Crippen LogP contribution in [0.1, 0.15) is 30.6 Å². The zero-order valence-corrected chi connectivity index (χ0v) is 11.1. The summed E-state index contributed by atoms with van der Waals surface area (Å²) in [6.07, 6.45) is 0.711. The number of ketones is 1. The van der Waals surface area contributed by atoms with Gasteiger partial charge in [0.05, 0.1) is 7.11 Å². The molecule has 0 radical (unpaired) electrons. The Kier molecular flexibility index (Phi) is 5.28. The van der Waals surface area contributed by atoms with Gasteiger partial charge in [-0.25, -0.2) is 4.39 Å². The normalized spacial score (nSPS) is 12.6. The molecule has 0 bridgehead atoms. The number of carbonyl (C=O) groups excluding carboxylic acids is 1. The largest absolute Gasteiger partial charge is 0.494 e. The van der Waals surface area contributed by atoms with Crippen LogP contribution >= 0.6 is 0 Å². The van der Waals surface area contributed by atoms with E-state index in [1.54, 1.807) is 6.07 Å². The average molecular weight is 253 g/mol. The van der Waals surface area contributed by atoms with Crippen molar-refractivity contribution in [3.05, 3.63) is 29.6 Å². The van der Waals surface area contributed by atoms with E-state index in [0.29, 0.717) is 17.9 Å². The summed E-state index contributed by atoms with van der Waals surface area (Å²) in [4.78, 5) is 12.2. The SMILES string of the molecule is COc1ccc(C(=O)C(CN)CC(C)C)cc1F. The lowest BCUT2D eigenvalue weighted by molar-refractivity contribution is 0.0908. The molecule has 4 heteroatoms. The van der Waals surface area contributed by atoms with Crippen LogP contribution in [0.25, 0.3) is 0 Å². The van der Waals surface area contributed by atoms with Gasteiger partial charge in [-0.3, -0.25) is 4.79 Å². The third-order valence-electron chi connectivity index (χ3n) is 2.85. The third kappa shape index (κ3) is 3.53. The van der Waals surface area contributed by atoms with E-state index in [4.69, 9.17) is 10.5 Å². The number of carbonyl (C=O) groups is 1. The van der Waals surface area contributed by atoms with Gasteiger partial charge >= 0.3 is 0 Å². The molecule has 0 aliphatic carbocycles. The highest BCUT2D eigenvalue weighted by Gasteiger charge is 2.20. The van der Waals surface area contributed by atoms with Crippen molar-refractivity contribution in [3.63, 3.8) is 0 Å². The Hall–Kier alpha value is -1.42. The fourth-order valence-electron chi connectivity index (χ4n) is 1.93. The number of hydrogen-bond donors (Lipinski definition) is 1. The van der Waals surface area contributed by atoms with Crippen LogP contribution in [0.15, 0.2) is 18.2 Å². The van der Waals surface area contributed by atoms with Crippen LogP contribution in [0.2, 0.25) is 0 Å². The Labute approximate surface area is 107 Å². The minimum absolute atomic E-state index is 0.104. The summed E-state index contributed by atoms with van der Waals surface area (Å²) in [5.74, 6) is -0.362. The van der Waals surface area contributed by atoms with Crippen LogP contribution in [0.4, 0.5) is 4.39 Å². The van der Waals surface area contributed by atoms with Gasteiger partial charge < -0.3 is 10.5 Å². The van der Waals surface area contributed by atoms with Crippen molar-refractivity contribution in [2.75, 3.05) is 13.7 Å². The highest BCUT2D eigenvalue weighted by Crippen LogP contribution is 2.21. The minimum Gasteiger partial charge on any atom is -0.494 e. The van der Waals surface area contributed by atoms with Crippen molar-refractivity contribution in [3.8, 4) is 5.75 Å². The molecule has 0 saturated heterocycles. The maximum atomic E-state index is 13.5. The topological polar surface area (TPSA) is 52.3 Å². The molecule has 0 amide bonds. The standard InChI is InChI=1S/C14H20FNO2/c1-9(2)6-11(8-16)14(17)10-4-5-13(18-3)12(15)7-10/h4-5,7,9,11H,6,8,16H2,1-3H3. The summed E-state index contributed by atoms with van der Waals surface area (Å²) in [6.45, 7) is 4.35. The van der Waals surface area contributed by atoms with Crippen molar-refractivity contribution in [2.45, 2.75) is 20.3 Å². The molecule has 0 spiro atoms. The first-order chi connectivity index (χ1) is 8.49. The molecule has 0 aliphatic rings. The molecule has 0 heterocycles. The number of Topliss-reactive ketones (excluding diaryl/α,β-unsaturated/α-hetero) is 1. The maximum absolute atomic E-state index is 13.5. The van der Waals surface area contributed by atoms with Gasteiger partial charge in [0.1, 0.15) is 0 Å². The second-order valence-electron chi connectivity index (χ2n) is 4.78. The molecule has 1 aromatic carbocycles. The van der Waals surface area contributed by atoms with E-state index < -0.39 is 5.82 Å². The average Bonchev–Trinajstić information content (AvgIpc) is 2.34. The lowest BCUT2D eigenvalue weighted by Crippen LogP contribution is -2.25. The highest BCUT2D eigenvalue weighted by molar-refractivity contribution is 5.98. The van der Waals surface area contributed by atoms with Gasteiger partial charge in [0.15, 0.2) is 17.3 Å². The monoisotopic (exact) mass is 253 g/mol. The lowest BCUT2D eigenvalue weighted by atomic mass is 9.90. The van der Waals surface area contributed by atoms with Crippen molar-refractivity contribution in [2.24, 2.45) is 17.6 Å². The van der Waals surface area contributed by atoms with E-state index in [1.807, 2.05) is 13.8 Å². The Morgan fingerprint density at radius 3 is 2.56 bits per heavy atom. The molecule has 3 nitrogen and oxygen atoms in total. The molecule has 1 unspecified atom stereocenters. The van der Waals surface area contributed by atoms with E-state index in [-0.39, 0.29) is 24.0 Å². The van der Waals surface area contributed by atoms with Crippen LogP contribution in [0, 0.1) is 17.7 Å². The Morgan fingerprint density at radius 2 is 2.11 bits per heavy atom. The predicted octanol–water partition coefficient (Wildman–Crippen LogP) is 2.64. The molecule has 0 fully saturated rings. The molecule has 0 aliphatic heterocycles. The van der Waals surface area contributed by atoms with E-state index in [0.717, 1.165) is 0 Å². The Morgan fingerprint density at radius 1 is 1.44 bits per heavy atom. The van der Waals surface area contributed by atoms with Crippen molar-refractivity contribution >= 4 is 5.78 Å². The lowest BCUT2D eigenvalue weighted by Gasteiger charge is -2.16. The Bertz CT molecular complexity index is 418. The number of nitrogens with two attached hydrogens (primary N) is 1. The number of benzene rings is 1. The van der Waals surface area contributed by atoms with Gasteiger partial charge in [-0.15, -0.1) is 0 Å². The first-order valence-corrected chi connectivity index (χ1v) is 6.07. The minimum atomic E-state index is -0.524. The van der Waals surface area contributed by atoms with Gasteiger partial charge in [0, 0.05) is 18.0 Å². The molecule has 1 atom stereocenters. The number of rotatable bonds is 6. The van der Waals surface area contributed by atoms with Gasteiger partial charge in [-0.1, -0.05) is 13.8 Å². The number of halogens is 1. The van der Waals surface area contributed by atoms with Crippen molar-refractivity contribution < 1.29 is 13.9 Å². The van der Waals surface area contributed by atoms with Gasteiger partial charge in [0.2, 0.25) is 0 Å². The second-order valence-corrected chi connectivity index (χ2v) is 4.78. The van der Waals surface area contributed by atoms with Crippen molar-refractivity contribution in [1.29, 1.82) is 0 Å². The number of hydrogen-bond acceptors (Lipinski definition) is 3. The predicted molar refractivity (Wildman–Crippen MR) is 69.3 cm³/mol. The zero-order valence-electron chi connectivity index (χ0n) is 11.1. The first-order valence-electron chi connectivity index (χ1n) is 6.07. The molecule has 18 heavy (non-hydrogen) atoms. The summed E-state index contributed by atoms with van der Waals surface area (Å²) in [6, 6.07) is 4.25. The smallest absolute Gasteiger partial charge is 0.167 e. The maximum Gasteiger partial charge on any atom is 0.167 e. The zero-order chi connectivity index (χ0) is 13.7. The number of ether oxygens (including phenoxy) is 1. The van der Waals surface area contributed by atoms with E-state index in [2.05, 4.69) is 0 Å². The van der Waals surface area contributed by atoms with Crippen LogP contribution in [-0.4, -0.2) is 19.4 Å². The molecular weight excluding hydrogens is 233 g/mol. The highest BCUT2D eigenvalue weighted by atomic mass is 19.1. The summed E-state index contributed by atoms with van der Waals surface area (Å²) >= 11 is 0. The molecule has 2 N–H and O–H groups in total. The summed E-state index contributed by atoms with van der Waals surface area (Å²) in [7, 11) is 1.39. The third-order valence-corrected chi connectivity index (χ3v) is 2.85. The van der Waals surface area contributed by atoms with E-state index in [1.165, 1.54) is 19.2 Å². The fraction of sp³-hybridized carbons (Fsp3) is 0.500. The quantitative estimate of drug-likeness (QED) is 0.793. The molecular formula is C14H20FNO2. The summed E-state index contributed by atoms with van der Waals surface area (Å²) in [5, 5.41) is 0. The summed E-state index contributed by atoms with van der Waals surface area (Å²) < 4.78 is 18.4. The van der Waals surface area contributed by atoms with Gasteiger partial charge in [-0.05, 0) is 30.5 Å². The van der Waals surface area contributed by atoms with E-state index >= 15 is 0 Å². The van der Waals surface area contributed by atoms with Crippen LogP contribution < -0.4 is 10.5 Å². The first kappa shape index (κ1) is 14.6. The van der Waals surface area contributed by atoms with Gasteiger partial charge in [-0.2, -0.15) is 0 Å². The van der Waals surface area contributed by atoms with Crippen LogP contribution in [0.5, 0.6) is 5.75 Å². The molecule has 100 valence electrons. The summed E-state index contributed by atoms with van der Waals surface area (Å²) in [5.41, 5.74) is 5.97. The van der Waals surface area contributed by atoms with Gasteiger partial charge in [0.25, 0.3) is 0 Å². The van der Waals surface area contributed by atoms with E-state index in [9.17, 15) is 9.18 Å². The Balaban J connectivity index is 2.91. The molecule has 0 saturated carbocycles. The number of methoxy groups -OCH3 is 1. The van der Waals surface area contributed by atoms with Crippen LogP contribution in [-0.2, 0) is 0 Å². The van der Waals surface area contributed by atoms with Crippen LogP contribution in [0.3, 0.4) is 0 Å². The second kappa shape index (κ2) is 6.50. The molecule has 0 aromatic heterocycles. The fourth-order valence-corrected chi connectivity index (χ4v) is 1.93.